The molecule has 0 aliphatic rings. The van der Waals surface area contributed by atoms with E-state index in [0.29, 0.717) is 0 Å². The van der Waals surface area contributed by atoms with E-state index in [4.69, 9.17) is 20.6 Å². The summed E-state index contributed by atoms with van der Waals surface area (Å²) in [5, 5.41) is 0. The van der Waals surface area contributed by atoms with Crippen LogP contribution in [-0.2, 0) is 4.74 Å². The first-order valence-electron chi connectivity index (χ1n) is 25.6. The predicted octanol–water partition coefficient (Wildman–Crippen LogP) is 21.5. The Morgan fingerprint density at radius 3 is 0.680 bits per heavy atom. The lowest BCUT2D eigenvalue weighted by atomic mass is 9.88. The van der Waals surface area contributed by atoms with Crippen molar-refractivity contribution >= 4 is 5.97 Å². The monoisotopic (exact) mass is 1640 g/mol. The maximum absolute atomic E-state index is 14.7. The summed E-state index contributed by atoms with van der Waals surface area (Å²) in [4.78, 5) is 13.0. The van der Waals surface area contributed by atoms with E-state index in [9.17, 15) is 229 Å². The average molecular weight is 1640 g/mol. The third kappa shape index (κ3) is 15.3. The fraction of sp³-hybridized carbons (Fsp3) is 0.809. The van der Waals surface area contributed by atoms with Crippen molar-refractivity contribution in [3.63, 3.8) is 0 Å². The van der Waals surface area contributed by atoms with Gasteiger partial charge in [-0.25, -0.2) is 4.79 Å². The van der Waals surface area contributed by atoms with Gasteiger partial charge in [-0.05, 0) is 57.6 Å². The molecule has 0 spiro atoms. The highest BCUT2D eigenvalue weighted by molar-refractivity contribution is 5.91. The highest BCUT2D eigenvalue weighted by atomic mass is 19.5. The van der Waals surface area contributed by atoms with Crippen LogP contribution in [0.5, 0.6) is 17.2 Å². The number of alkyl halides is 51. The molecule has 0 aliphatic carbocycles. The molecule has 0 aromatic heterocycles. The number of carbonyl (C=O) groups excluding carboxylic acids is 1. The van der Waals surface area contributed by atoms with Gasteiger partial charge in [-0.15, -0.1) is 6.42 Å². The van der Waals surface area contributed by atoms with Crippen LogP contribution in [-0.4, -0.2) is 175 Å². The van der Waals surface area contributed by atoms with Gasteiger partial charge in [0.2, 0.25) is 5.75 Å². The van der Waals surface area contributed by atoms with E-state index in [2.05, 4.69) is 4.74 Å². The summed E-state index contributed by atoms with van der Waals surface area (Å²) in [6, 6.07) is -0.0268. The number of benzene rings is 1. The maximum atomic E-state index is 14.7. The Morgan fingerprint density at radius 1 is 0.301 bits per heavy atom. The van der Waals surface area contributed by atoms with Crippen molar-refractivity contribution in [3.8, 4) is 29.6 Å². The molecule has 0 bridgehead atoms. The number of ether oxygens (including phenoxy) is 4. The van der Waals surface area contributed by atoms with Gasteiger partial charge in [0.1, 0.15) is 0 Å². The van der Waals surface area contributed by atoms with Gasteiger partial charge in [-0.3, -0.25) is 0 Å². The first-order chi connectivity index (χ1) is 44.8. The van der Waals surface area contributed by atoms with Crippen LogP contribution in [0.15, 0.2) is 12.1 Å². The van der Waals surface area contributed by atoms with Crippen molar-refractivity contribution in [1.82, 2.24) is 0 Å². The van der Waals surface area contributed by atoms with Crippen LogP contribution in [0.25, 0.3) is 0 Å². The normalized spacial score (nSPS) is 16.0. The molecule has 0 N–H and O–H groups in total. The summed E-state index contributed by atoms with van der Waals surface area (Å²) >= 11 is 0. The number of hydrogen-bond acceptors (Lipinski definition) is 5. The first-order valence-corrected chi connectivity index (χ1v) is 25.6. The van der Waals surface area contributed by atoms with Gasteiger partial charge in [-0.2, -0.15) is 224 Å². The van der Waals surface area contributed by atoms with Crippen LogP contribution >= 0.6 is 0 Å². The van der Waals surface area contributed by atoms with Crippen LogP contribution in [0.4, 0.5) is 224 Å². The van der Waals surface area contributed by atoms with Crippen molar-refractivity contribution in [2.45, 2.75) is 214 Å². The molecule has 103 heavy (non-hydrogen) atoms. The molecule has 1 atom stereocenters. The Hall–Kier alpha value is -5.92. The predicted molar refractivity (Wildman–Crippen MR) is 230 cm³/mol. The van der Waals surface area contributed by atoms with Crippen LogP contribution < -0.4 is 14.2 Å². The summed E-state index contributed by atoms with van der Waals surface area (Å²) in [6.45, 7) is -4.81. The second-order valence-electron chi connectivity index (χ2n) is 20.9. The minimum absolute atomic E-state index is 0.0134. The molecule has 1 aromatic rings. The van der Waals surface area contributed by atoms with Gasteiger partial charge in [0.25, 0.3) is 0 Å². The Bertz CT molecular complexity index is 2960. The van der Waals surface area contributed by atoms with Crippen molar-refractivity contribution < 1.29 is 248 Å². The lowest BCUT2D eigenvalue weighted by Crippen LogP contribution is -2.74. The van der Waals surface area contributed by atoms with Gasteiger partial charge < -0.3 is 18.9 Å². The van der Waals surface area contributed by atoms with Crippen molar-refractivity contribution in [2.75, 3.05) is 19.8 Å². The first kappa shape index (κ1) is 95.1. The number of unbranched alkanes of at least 4 members (excludes halogenated alkanes) is 3. The zero-order valence-electron chi connectivity index (χ0n) is 48.1. The minimum atomic E-state index is -9.14. The molecule has 1 rings (SSSR count). The highest BCUT2D eigenvalue weighted by Crippen LogP contribution is 2.69. The van der Waals surface area contributed by atoms with Crippen molar-refractivity contribution in [3.05, 3.63) is 17.7 Å². The lowest BCUT2D eigenvalue weighted by Gasteiger charge is -2.42. The molecule has 1 aromatic carbocycles. The number of carbonyl (C=O) groups is 1. The third-order valence-electron chi connectivity index (χ3n) is 13.6. The van der Waals surface area contributed by atoms with E-state index in [1.54, 1.807) is 5.92 Å². The summed E-state index contributed by atoms with van der Waals surface area (Å²) in [6.07, 6.45) is -43.1. The molecule has 0 fully saturated rings. The van der Waals surface area contributed by atoms with E-state index in [1.165, 1.54) is 0 Å². The van der Waals surface area contributed by atoms with Crippen LogP contribution in [0.1, 0.15) is 75.1 Å². The highest BCUT2D eigenvalue weighted by Gasteiger charge is 2.98. The van der Waals surface area contributed by atoms with Gasteiger partial charge >= 0.3 is 149 Å². The summed E-state index contributed by atoms with van der Waals surface area (Å²) < 4.78 is 722. The molecule has 0 saturated carbocycles. The molecule has 0 amide bonds. The fourth-order valence-electron chi connectivity index (χ4n) is 7.26. The summed E-state index contributed by atoms with van der Waals surface area (Å²) in [7, 11) is 0. The largest absolute Gasteiger partial charge is 0.490 e. The van der Waals surface area contributed by atoms with Gasteiger partial charge in [0, 0.05) is 19.3 Å². The smallest absolute Gasteiger partial charge is 0.460 e. The third-order valence-corrected chi connectivity index (χ3v) is 13.6. The molecule has 0 saturated heterocycles. The van der Waals surface area contributed by atoms with Gasteiger partial charge in [0.05, 0.1) is 25.4 Å². The molecule has 0 aliphatic heterocycles. The molecule has 0 radical (unpaired) electrons. The molecular formula is C47H31F51O5. The Kier molecular flexibility index (Phi) is 26.2. The Morgan fingerprint density at radius 2 is 0.485 bits per heavy atom. The van der Waals surface area contributed by atoms with E-state index >= 15 is 0 Å². The maximum Gasteiger partial charge on any atom is 0.460 e. The molecular weight excluding hydrogens is 1610 g/mol. The zero-order valence-corrected chi connectivity index (χ0v) is 48.1. The van der Waals surface area contributed by atoms with E-state index < -0.39 is 255 Å². The Labute approximate surface area is 534 Å². The second kappa shape index (κ2) is 28.3. The lowest BCUT2D eigenvalue weighted by molar-refractivity contribution is -0.461. The number of halogens is 51. The SMILES string of the molecule is C#CC(C)OC(=O)c1cc(OCCCCC(F)(F)C(F)(F)C(F)(F)C(F)(F)C(F)(F)C(F)(F)C(F)(F)C(F)(F)F)c(OCCCCC(F)(F)C(F)(F)C(F)(F)C(F)(F)C(F)(F)C(F)(F)C(F)(F)C(F)(F)F)c(OCCCCC(F)(F)C(F)(F)C(F)(F)C(F)(F)C(F)(F)C(F)(F)C(F)(F)C(F)(F)F)c1. The number of rotatable bonds is 38. The minimum Gasteiger partial charge on any atom is -0.490 e. The standard InChI is InChI=1S/C47H31F51O5/c1-3-18(2)103-23(99)19-16-20(100-13-7-4-10-24(48,49)27(54,55)30(60,61)33(66,67)36(72,73)39(78,79)42(84,85)45(90,91)92)22(102-15-9-6-12-26(52,53)29(58,59)32(64,65)35(70,71)38(76,77)41(82,83)44(88,89)47(96,97)98)21(17-19)101-14-8-5-11-25(50,51)28(56,57)31(62,63)34(68,69)37(74,75)40(80,81)43(86,87)46(93,94)95/h1,16-18H,4-15H2,2H3. The van der Waals surface area contributed by atoms with E-state index in [1.807, 2.05) is 0 Å². The number of esters is 1. The number of terminal acetylenes is 1. The van der Waals surface area contributed by atoms with Crippen molar-refractivity contribution in [1.29, 1.82) is 0 Å². The summed E-state index contributed by atoms with van der Waals surface area (Å²) in [5.41, 5.74) is -1.38. The molecule has 5 nitrogen and oxygen atoms in total. The fourth-order valence-corrected chi connectivity index (χ4v) is 7.26. The van der Waals surface area contributed by atoms with E-state index in [-0.39, 0.29) is 12.1 Å². The molecule has 606 valence electrons. The summed E-state index contributed by atoms with van der Waals surface area (Å²) in [5.74, 6) is -186. The van der Waals surface area contributed by atoms with Crippen LogP contribution in [0, 0.1) is 12.3 Å². The average Bonchev–Trinajstić information content (AvgIpc) is 0.707. The van der Waals surface area contributed by atoms with Crippen LogP contribution in [0.3, 0.4) is 0 Å². The Balaban J connectivity index is 4.04. The number of hydrogen-bond donors (Lipinski definition) is 0. The topological polar surface area (TPSA) is 54.0 Å². The molecule has 0 heterocycles. The van der Waals surface area contributed by atoms with Gasteiger partial charge in [0.15, 0.2) is 17.6 Å². The molecule has 56 heteroatoms. The van der Waals surface area contributed by atoms with Crippen LogP contribution in [0.2, 0.25) is 0 Å². The quantitative estimate of drug-likeness (QED) is 0.0286. The van der Waals surface area contributed by atoms with Gasteiger partial charge in [-0.1, -0.05) is 5.92 Å². The van der Waals surface area contributed by atoms with Crippen molar-refractivity contribution in [2.24, 2.45) is 0 Å². The molecule has 1 unspecified atom stereocenters. The second-order valence-corrected chi connectivity index (χ2v) is 20.9. The zero-order chi connectivity index (χ0) is 82.9. The van der Waals surface area contributed by atoms with E-state index in [0.717, 1.165) is 6.92 Å².